The van der Waals surface area contributed by atoms with E-state index in [1.54, 1.807) is 55.5 Å². The zero-order chi connectivity index (χ0) is 17.6. The monoisotopic (exact) mass is 337 g/mol. The minimum atomic E-state index is -0.550. The molecule has 0 fully saturated rings. The Morgan fingerprint density at radius 2 is 1.68 bits per heavy atom. The number of aromatic amines is 1. The number of esters is 2. The van der Waals surface area contributed by atoms with E-state index in [-0.39, 0.29) is 12.3 Å². The van der Waals surface area contributed by atoms with Gasteiger partial charge in [0.25, 0.3) is 0 Å². The van der Waals surface area contributed by atoms with Gasteiger partial charge < -0.3 is 9.47 Å². The molecule has 1 heterocycles. The van der Waals surface area contributed by atoms with Gasteiger partial charge in [0.15, 0.2) is 5.69 Å². The van der Waals surface area contributed by atoms with Crippen molar-refractivity contribution in [2.75, 3.05) is 6.61 Å². The van der Waals surface area contributed by atoms with Crippen molar-refractivity contribution >= 4 is 11.9 Å². The van der Waals surface area contributed by atoms with Crippen molar-refractivity contribution in [3.8, 4) is 17.0 Å². The largest absolute Gasteiger partial charge is 0.461 e. The van der Waals surface area contributed by atoms with E-state index in [2.05, 4.69) is 15.4 Å². The Morgan fingerprint density at radius 3 is 2.36 bits per heavy atom. The molecule has 0 amide bonds. The Hall–Kier alpha value is -3.48. The minimum absolute atomic E-state index is 0.107. The summed E-state index contributed by atoms with van der Waals surface area (Å²) >= 11 is 0. The topological polar surface area (TPSA) is 94.2 Å². The Labute approximate surface area is 143 Å². The summed E-state index contributed by atoms with van der Waals surface area (Å²) in [6.45, 7) is 1.97. The molecule has 0 unspecified atom stereocenters. The molecule has 3 rings (SSSR count). The summed E-state index contributed by atoms with van der Waals surface area (Å²) in [5.74, 6) is -0.605. The molecule has 7 nitrogen and oxygen atoms in total. The van der Waals surface area contributed by atoms with Gasteiger partial charge >= 0.3 is 11.9 Å². The average molecular weight is 337 g/mol. The number of nitrogens with zero attached hydrogens (tertiary/aromatic N) is 2. The van der Waals surface area contributed by atoms with Gasteiger partial charge in [-0.2, -0.15) is 10.3 Å². The first-order valence-electron chi connectivity index (χ1n) is 7.64. The fraction of sp³-hybridized carbons (Fsp3) is 0.111. The highest BCUT2D eigenvalue weighted by Gasteiger charge is 2.19. The highest BCUT2D eigenvalue weighted by atomic mass is 16.5. The fourth-order valence-electron chi connectivity index (χ4n) is 2.19. The number of carbonyl (C=O) groups excluding carboxylic acids is 2. The summed E-state index contributed by atoms with van der Waals surface area (Å²) in [6.07, 6.45) is 0. The van der Waals surface area contributed by atoms with E-state index in [1.807, 2.05) is 6.07 Å². The van der Waals surface area contributed by atoms with E-state index in [0.29, 0.717) is 22.6 Å². The third kappa shape index (κ3) is 3.72. The summed E-state index contributed by atoms with van der Waals surface area (Å²) in [6, 6.07) is 15.3. The maximum Gasteiger partial charge on any atom is 0.361 e. The first kappa shape index (κ1) is 16.4. The van der Waals surface area contributed by atoms with E-state index in [4.69, 9.17) is 9.47 Å². The molecule has 3 aromatic rings. The molecule has 25 heavy (non-hydrogen) atoms. The zero-order valence-corrected chi connectivity index (χ0v) is 13.4. The van der Waals surface area contributed by atoms with Gasteiger partial charge in [-0.1, -0.05) is 18.2 Å². The molecule has 2 aromatic carbocycles. The molecule has 0 saturated heterocycles. The van der Waals surface area contributed by atoms with E-state index in [9.17, 15) is 9.59 Å². The average Bonchev–Trinajstić information content (AvgIpc) is 3.13. The van der Waals surface area contributed by atoms with Crippen LogP contribution in [0.2, 0.25) is 0 Å². The summed E-state index contributed by atoms with van der Waals surface area (Å²) < 4.78 is 10.3. The van der Waals surface area contributed by atoms with Gasteiger partial charge in [0.1, 0.15) is 11.4 Å². The molecule has 0 spiro atoms. The standard InChI is InChI=1S/C18H15N3O4/c1-2-24-18(23)16-15(19-21-20-16)12-8-10-14(11-9-12)25-17(22)13-6-4-3-5-7-13/h3-11H,2H2,1H3,(H,19,20,21). The van der Waals surface area contributed by atoms with Crippen molar-refractivity contribution in [1.29, 1.82) is 0 Å². The number of carbonyl (C=O) groups is 2. The first-order valence-corrected chi connectivity index (χ1v) is 7.64. The maximum absolute atomic E-state index is 12.0. The summed E-state index contributed by atoms with van der Waals surface area (Å²) in [5, 5.41) is 10.2. The number of H-pyrrole nitrogens is 1. The third-order valence-electron chi connectivity index (χ3n) is 3.36. The Balaban J connectivity index is 1.76. The van der Waals surface area contributed by atoms with Gasteiger partial charge in [-0.15, -0.1) is 5.10 Å². The Bertz CT molecular complexity index is 873. The van der Waals surface area contributed by atoms with E-state index in [0.717, 1.165) is 0 Å². The van der Waals surface area contributed by atoms with Crippen LogP contribution in [0.5, 0.6) is 5.75 Å². The smallest absolute Gasteiger partial charge is 0.361 e. The van der Waals surface area contributed by atoms with Crippen LogP contribution in [0.1, 0.15) is 27.8 Å². The molecular formula is C18H15N3O4. The van der Waals surface area contributed by atoms with Crippen molar-refractivity contribution in [3.63, 3.8) is 0 Å². The van der Waals surface area contributed by atoms with Crippen molar-refractivity contribution in [3.05, 3.63) is 65.9 Å². The van der Waals surface area contributed by atoms with Crippen molar-refractivity contribution < 1.29 is 19.1 Å². The lowest BCUT2D eigenvalue weighted by Gasteiger charge is -2.05. The van der Waals surface area contributed by atoms with Crippen molar-refractivity contribution in [1.82, 2.24) is 15.4 Å². The maximum atomic E-state index is 12.0. The van der Waals surface area contributed by atoms with Crippen LogP contribution in [0, 0.1) is 0 Å². The molecule has 0 radical (unpaired) electrons. The molecule has 0 bridgehead atoms. The SMILES string of the molecule is CCOC(=O)c1n[nH]nc1-c1ccc(OC(=O)c2ccccc2)cc1. The molecule has 126 valence electrons. The van der Waals surface area contributed by atoms with Crippen LogP contribution >= 0.6 is 0 Å². The lowest BCUT2D eigenvalue weighted by molar-refractivity contribution is 0.0520. The van der Waals surface area contributed by atoms with Crippen molar-refractivity contribution in [2.24, 2.45) is 0 Å². The van der Waals surface area contributed by atoms with Crippen molar-refractivity contribution in [2.45, 2.75) is 6.92 Å². The van der Waals surface area contributed by atoms with Crippen LogP contribution in [0.25, 0.3) is 11.3 Å². The van der Waals surface area contributed by atoms with Crippen LogP contribution in [0.3, 0.4) is 0 Å². The second-order valence-corrected chi connectivity index (χ2v) is 5.02. The molecule has 0 aliphatic heterocycles. The lowest BCUT2D eigenvalue weighted by Crippen LogP contribution is -2.08. The third-order valence-corrected chi connectivity index (χ3v) is 3.36. The second-order valence-electron chi connectivity index (χ2n) is 5.02. The number of nitrogens with one attached hydrogen (secondary N) is 1. The molecular weight excluding hydrogens is 322 g/mol. The summed E-state index contributed by atoms with van der Waals surface area (Å²) in [5.41, 5.74) is 1.60. The number of aromatic nitrogens is 3. The fourth-order valence-corrected chi connectivity index (χ4v) is 2.19. The predicted octanol–water partition coefficient (Wildman–Crippen LogP) is 2.87. The normalized spacial score (nSPS) is 10.3. The number of rotatable bonds is 5. The molecule has 0 saturated carbocycles. The van der Waals surface area contributed by atoms with E-state index >= 15 is 0 Å². The Kier molecular flexibility index (Phi) is 4.84. The molecule has 7 heteroatoms. The van der Waals surface area contributed by atoms with Crippen LogP contribution in [0.15, 0.2) is 54.6 Å². The van der Waals surface area contributed by atoms with E-state index < -0.39 is 11.9 Å². The summed E-state index contributed by atoms with van der Waals surface area (Å²) in [4.78, 5) is 23.9. The van der Waals surface area contributed by atoms with Gasteiger partial charge in [-0.3, -0.25) is 0 Å². The number of ether oxygens (including phenoxy) is 2. The molecule has 1 N–H and O–H groups in total. The van der Waals surface area contributed by atoms with Gasteiger partial charge in [-0.05, 0) is 43.3 Å². The first-order chi connectivity index (χ1) is 12.2. The number of benzene rings is 2. The minimum Gasteiger partial charge on any atom is -0.461 e. The summed E-state index contributed by atoms with van der Waals surface area (Å²) in [7, 11) is 0. The van der Waals surface area contributed by atoms with Crippen LogP contribution in [0.4, 0.5) is 0 Å². The number of hydrogen-bond donors (Lipinski definition) is 1. The molecule has 0 aliphatic rings. The van der Waals surface area contributed by atoms with Gasteiger partial charge in [-0.25, -0.2) is 9.59 Å². The predicted molar refractivity (Wildman–Crippen MR) is 89.2 cm³/mol. The quantitative estimate of drug-likeness (QED) is 0.568. The Morgan fingerprint density at radius 1 is 0.960 bits per heavy atom. The van der Waals surface area contributed by atoms with Crippen LogP contribution in [-0.2, 0) is 4.74 Å². The van der Waals surface area contributed by atoms with Gasteiger partial charge in [0.05, 0.1) is 12.2 Å². The molecule has 0 aliphatic carbocycles. The molecule has 1 aromatic heterocycles. The van der Waals surface area contributed by atoms with Crippen LogP contribution < -0.4 is 4.74 Å². The number of hydrogen-bond acceptors (Lipinski definition) is 6. The van der Waals surface area contributed by atoms with Crippen LogP contribution in [-0.4, -0.2) is 34.0 Å². The van der Waals surface area contributed by atoms with E-state index in [1.165, 1.54) is 0 Å². The zero-order valence-electron chi connectivity index (χ0n) is 13.4. The lowest BCUT2D eigenvalue weighted by atomic mass is 10.1. The van der Waals surface area contributed by atoms with Gasteiger partial charge in [0.2, 0.25) is 0 Å². The highest BCUT2D eigenvalue weighted by molar-refractivity contribution is 5.94. The molecule has 0 atom stereocenters. The van der Waals surface area contributed by atoms with Gasteiger partial charge in [0, 0.05) is 5.56 Å². The second kappa shape index (κ2) is 7.39. The highest BCUT2D eigenvalue weighted by Crippen LogP contribution is 2.23.